The molecule has 1 fully saturated rings. The van der Waals surface area contributed by atoms with E-state index >= 15 is 0 Å². The molecule has 1 aliphatic heterocycles. The fourth-order valence-corrected chi connectivity index (χ4v) is 3.41. The maximum Gasteiger partial charge on any atom is 0.251 e. The number of amides is 1. The molecule has 1 aromatic carbocycles. The molecule has 1 amide bonds. The molecule has 0 bridgehead atoms. The zero-order valence-electron chi connectivity index (χ0n) is 13.1. The van der Waals surface area contributed by atoms with Gasteiger partial charge in [0.25, 0.3) is 5.91 Å². The predicted molar refractivity (Wildman–Crippen MR) is 92.5 cm³/mol. The van der Waals surface area contributed by atoms with Gasteiger partial charge in [-0.15, -0.1) is 0 Å². The normalized spacial score (nSPS) is 15.6. The van der Waals surface area contributed by atoms with Crippen LogP contribution >= 0.6 is 11.6 Å². The molecule has 2 rings (SSSR count). The zero-order chi connectivity index (χ0) is 16.9. The molecular weight excluding hydrogens is 338 g/mol. The van der Waals surface area contributed by atoms with Crippen LogP contribution in [-0.4, -0.2) is 51.7 Å². The van der Waals surface area contributed by atoms with E-state index in [4.69, 9.17) is 11.6 Å². The second-order valence-corrected chi connectivity index (χ2v) is 7.88. The molecule has 1 aliphatic rings. The summed E-state index contributed by atoms with van der Waals surface area (Å²) in [5, 5.41) is 3.05. The van der Waals surface area contributed by atoms with Gasteiger partial charge in [-0.25, -0.2) is 8.42 Å². The highest BCUT2D eigenvalue weighted by Crippen LogP contribution is 2.23. The lowest BCUT2D eigenvalue weighted by Gasteiger charge is -2.14. The van der Waals surface area contributed by atoms with Crippen LogP contribution in [0.3, 0.4) is 0 Å². The molecule has 0 spiro atoms. The largest absolute Gasteiger partial charge is 0.352 e. The molecule has 0 aliphatic carbocycles. The number of nitrogens with zero attached hydrogens (tertiary/aromatic N) is 1. The number of carbonyl (C=O) groups excluding carboxylic acids is 1. The number of halogens is 1. The summed E-state index contributed by atoms with van der Waals surface area (Å²) in [6.45, 7) is 3.91. The van der Waals surface area contributed by atoms with Gasteiger partial charge in [-0.05, 0) is 57.1 Å². The smallest absolute Gasteiger partial charge is 0.251 e. The minimum absolute atomic E-state index is 0.195. The van der Waals surface area contributed by atoms with Gasteiger partial charge in [0.05, 0.1) is 17.0 Å². The molecule has 1 heterocycles. The number of nitrogens with one attached hydrogen (secondary N) is 2. The molecule has 8 heteroatoms. The molecule has 0 aromatic heterocycles. The molecular formula is C15H22ClN3O3S. The van der Waals surface area contributed by atoms with Gasteiger partial charge in [-0.3, -0.25) is 9.52 Å². The second-order valence-electron chi connectivity index (χ2n) is 5.73. The van der Waals surface area contributed by atoms with Gasteiger partial charge in [-0.1, -0.05) is 11.6 Å². The van der Waals surface area contributed by atoms with E-state index in [0.29, 0.717) is 12.1 Å². The maximum atomic E-state index is 12.1. The van der Waals surface area contributed by atoms with E-state index in [1.54, 1.807) is 6.07 Å². The Morgan fingerprint density at radius 2 is 2.00 bits per heavy atom. The van der Waals surface area contributed by atoms with Crippen molar-refractivity contribution >= 4 is 33.2 Å². The standard InChI is InChI=1S/C15H22ClN3O3S/c1-23(21,22)18-14-6-5-12(11-13(14)16)15(20)17-7-4-10-19-8-2-3-9-19/h5-6,11,18H,2-4,7-10H2,1H3,(H,17,20). The van der Waals surface area contributed by atoms with Crippen LogP contribution in [0.5, 0.6) is 0 Å². The lowest BCUT2D eigenvalue weighted by atomic mass is 10.2. The van der Waals surface area contributed by atoms with E-state index in [9.17, 15) is 13.2 Å². The van der Waals surface area contributed by atoms with Crippen molar-refractivity contribution in [3.8, 4) is 0 Å². The number of anilines is 1. The third kappa shape index (κ3) is 6.01. The minimum atomic E-state index is -3.40. The lowest BCUT2D eigenvalue weighted by Crippen LogP contribution is -2.28. The van der Waals surface area contributed by atoms with Gasteiger partial charge in [-0.2, -0.15) is 0 Å². The predicted octanol–water partition coefficient (Wildman–Crippen LogP) is 1.93. The molecule has 0 saturated carbocycles. The Hall–Kier alpha value is -1.31. The summed E-state index contributed by atoms with van der Waals surface area (Å²) in [5.41, 5.74) is 0.676. The highest BCUT2D eigenvalue weighted by molar-refractivity contribution is 7.92. The summed E-state index contributed by atoms with van der Waals surface area (Å²) in [4.78, 5) is 14.5. The number of hydrogen-bond donors (Lipinski definition) is 2. The first kappa shape index (κ1) is 18.0. The van der Waals surface area contributed by atoms with E-state index in [1.165, 1.54) is 25.0 Å². The first-order chi connectivity index (χ1) is 10.8. The summed E-state index contributed by atoms with van der Waals surface area (Å²) < 4.78 is 24.7. The zero-order valence-corrected chi connectivity index (χ0v) is 14.7. The van der Waals surface area contributed by atoms with Crippen molar-refractivity contribution in [2.24, 2.45) is 0 Å². The number of benzene rings is 1. The van der Waals surface area contributed by atoms with Crippen LogP contribution in [0.1, 0.15) is 29.6 Å². The maximum absolute atomic E-state index is 12.1. The van der Waals surface area contributed by atoms with Crippen molar-refractivity contribution in [3.63, 3.8) is 0 Å². The third-order valence-electron chi connectivity index (χ3n) is 3.66. The van der Waals surface area contributed by atoms with E-state index in [0.717, 1.165) is 32.3 Å². The molecule has 1 aromatic rings. The Kier molecular flexibility index (Phi) is 6.26. The third-order valence-corrected chi connectivity index (χ3v) is 4.57. The molecule has 1 saturated heterocycles. The first-order valence-corrected chi connectivity index (χ1v) is 9.90. The average molecular weight is 360 g/mol. The summed E-state index contributed by atoms with van der Waals surface area (Å²) in [7, 11) is -3.40. The van der Waals surface area contributed by atoms with Crippen molar-refractivity contribution in [2.45, 2.75) is 19.3 Å². The Morgan fingerprint density at radius 3 is 2.61 bits per heavy atom. The second kappa shape index (κ2) is 7.99. The number of rotatable bonds is 7. The molecule has 0 unspecified atom stereocenters. The molecule has 23 heavy (non-hydrogen) atoms. The number of hydrogen-bond acceptors (Lipinski definition) is 4. The monoisotopic (exact) mass is 359 g/mol. The highest BCUT2D eigenvalue weighted by atomic mass is 35.5. The van der Waals surface area contributed by atoms with Crippen LogP contribution in [0.2, 0.25) is 5.02 Å². The first-order valence-electron chi connectivity index (χ1n) is 7.63. The quantitative estimate of drug-likeness (QED) is 0.729. The van der Waals surface area contributed by atoms with E-state index in [1.807, 2.05) is 0 Å². The van der Waals surface area contributed by atoms with Crippen LogP contribution in [0.25, 0.3) is 0 Å². The summed E-state index contributed by atoms with van der Waals surface area (Å²) in [6.07, 6.45) is 4.48. The Bertz CT molecular complexity index is 658. The average Bonchev–Trinajstić information content (AvgIpc) is 2.97. The van der Waals surface area contributed by atoms with E-state index in [2.05, 4.69) is 14.9 Å². The summed E-state index contributed by atoms with van der Waals surface area (Å²) in [5.74, 6) is -0.209. The molecule has 0 radical (unpaired) electrons. The fourth-order valence-electron chi connectivity index (χ4n) is 2.55. The van der Waals surface area contributed by atoms with Crippen LogP contribution in [0.4, 0.5) is 5.69 Å². The Balaban J connectivity index is 1.83. The lowest BCUT2D eigenvalue weighted by molar-refractivity contribution is 0.0952. The van der Waals surface area contributed by atoms with Crippen LogP contribution < -0.4 is 10.0 Å². The number of carbonyl (C=O) groups is 1. The van der Waals surface area contributed by atoms with Gasteiger partial charge >= 0.3 is 0 Å². The Labute approximate surface area is 142 Å². The van der Waals surface area contributed by atoms with Gasteiger partial charge < -0.3 is 10.2 Å². The Morgan fingerprint density at radius 1 is 1.30 bits per heavy atom. The number of sulfonamides is 1. The fraction of sp³-hybridized carbons (Fsp3) is 0.533. The van der Waals surface area contributed by atoms with Crippen molar-refractivity contribution < 1.29 is 13.2 Å². The van der Waals surface area contributed by atoms with E-state index < -0.39 is 10.0 Å². The molecule has 6 nitrogen and oxygen atoms in total. The van der Waals surface area contributed by atoms with Crippen molar-refractivity contribution in [1.82, 2.24) is 10.2 Å². The SMILES string of the molecule is CS(=O)(=O)Nc1ccc(C(=O)NCCCN2CCCC2)cc1Cl. The van der Waals surface area contributed by atoms with Crippen LogP contribution in [0, 0.1) is 0 Å². The van der Waals surface area contributed by atoms with Gasteiger partial charge in [0, 0.05) is 12.1 Å². The summed E-state index contributed by atoms with van der Waals surface area (Å²) in [6, 6.07) is 4.50. The minimum Gasteiger partial charge on any atom is -0.352 e. The molecule has 2 N–H and O–H groups in total. The van der Waals surface area contributed by atoms with Crippen molar-refractivity contribution in [2.75, 3.05) is 37.2 Å². The van der Waals surface area contributed by atoms with Crippen molar-refractivity contribution in [3.05, 3.63) is 28.8 Å². The van der Waals surface area contributed by atoms with Gasteiger partial charge in [0.1, 0.15) is 0 Å². The highest BCUT2D eigenvalue weighted by Gasteiger charge is 2.12. The van der Waals surface area contributed by atoms with E-state index in [-0.39, 0.29) is 16.6 Å². The molecule has 128 valence electrons. The summed E-state index contributed by atoms with van der Waals surface area (Å²) >= 11 is 6.01. The molecule has 0 atom stereocenters. The van der Waals surface area contributed by atoms with Gasteiger partial charge in [0.15, 0.2) is 0 Å². The van der Waals surface area contributed by atoms with Gasteiger partial charge in [0.2, 0.25) is 10.0 Å². The number of likely N-dealkylation sites (tertiary alicyclic amines) is 1. The van der Waals surface area contributed by atoms with Crippen LogP contribution in [-0.2, 0) is 10.0 Å². The van der Waals surface area contributed by atoms with Crippen molar-refractivity contribution in [1.29, 1.82) is 0 Å². The topological polar surface area (TPSA) is 78.5 Å². The van der Waals surface area contributed by atoms with Crippen LogP contribution in [0.15, 0.2) is 18.2 Å².